The lowest BCUT2D eigenvalue weighted by atomic mass is 10.2. The molecule has 1 amide bonds. The fraction of sp³-hybridized carbons (Fsp3) is 0.214. The van der Waals surface area contributed by atoms with Crippen molar-refractivity contribution in [2.75, 3.05) is 6.61 Å². The minimum Gasteiger partial charge on any atom is -0.449 e. The Morgan fingerprint density at radius 2 is 2.11 bits per heavy atom. The molecule has 0 saturated carbocycles. The molecule has 1 N–H and O–H groups in total. The molecule has 5 heteroatoms. The smallest absolute Gasteiger partial charge is 0.329 e. The molecule has 0 saturated heterocycles. The van der Waals surface area contributed by atoms with Gasteiger partial charge in [0.15, 0.2) is 6.61 Å². The minimum atomic E-state index is -0.790. The van der Waals surface area contributed by atoms with Gasteiger partial charge in [0.05, 0.1) is 0 Å². The minimum absolute atomic E-state index is 0.321. The molecule has 98 valence electrons. The van der Waals surface area contributed by atoms with E-state index in [1.165, 1.54) is 13.0 Å². The highest BCUT2D eigenvalue weighted by Crippen LogP contribution is 2.00. The number of nitriles is 1. The molecule has 1 atom stereocenters. The number of nitrogens with zero attached hydrogens (tertiary/aromatic N) is 1. The first-order chi connectivity index (χ1) is 9.13. The molecule has 5 nitrogen and oxygen atoms in total. The first-order valence-electron chi connectivity index (χ1n) is 5.70. The van der Waals surface area contributed by atoms with Gasteiger partial charge in [0, 0.05) is 6.08 Å². The zero-order valence-corrected chi connectivity index (χ0v) is 10.5. The predicted molar refractivity (Wildman–Crippen MR) is 69.7 cm³/mol. The van der Waals surface area contributed by atoms with Gasteiger partial charge in [0.25, 0.3) is 0 Å². The van der Waals surface area contributed by atoms with Crippen LogP contribution in [0.3, 0.4) is 0 Å². The summed E-state index contributed by atoms with van der Waals surface area (Å²) in [6.07, 6.45) is 2.98. The Kier molecular flexibility index (Phi) is 5.83. The number of amides is 1. The molecule has 0 bridgehead atoms. The van der Waals surface area contributed by atoms with E-state index in [1.54, 1.807) is 12.1 Å². The van der Waals surface area contributed by atoms with E-state index in [2.05, 4.69) is 10.1 Å². The number of hydrogen-bond donors (Lipinski definition) is 1. The maximum absolute atomic E-state index is 11.5. The number of hydrogen-bond acceptors (Lipinski definition) is 4. The second kappa shape index (κ2) is 7.67. The molecule has 0 aliphatic carbocycles. The van der Waals surface area contributed by atoms with Crippen molar-refractivity contribution < 1.29 is 14.3 Å². The van der Waals surface area contributed by atoms with Gasteiger partial charge in [-0.2, -0.15) is 5.26 Å². The first kappa shape index (κ1) is 14.5. The zero-order chi connectivity index (χ0) is 14.1. The monoisotopic (exact) mass is 258 g/mol. The van der Waals surface area contributed by atoms with Crippen LogP contribution in [-0.2, 0) is 14.3 Å². The third-order valence-corrected chi connectivity index (χ3v) is 2.22. The molecule has 0 aliphatic rings. The number of carbonyl (C=O) groups is 2. The topological polar surface area (TPSA) is 79.2 Å². The van der Waals surface area contributed by atoms with E-state index in [-0.39, 0.29) is 6.61 Å². The Balaban J connectivity index is 2.45. The molecule has 19 heavy (non-hydrogen) atoms. The molecule has 0 radical (unpaired) electrons. The summed E-state index contributed by atoms with van der Waals surface area (Å²) >= 11 is 0. The maximum Gasteiger partial charge on any atom is 0.329 e. The van der Waals surface area contributed by atoms with E-state index in [4.69, 9.17) is 5.26 Å². The van der Waals surface area contributed by atoms with Gasteiger partial charge < -0.3 is 10.1 Å². The van der Waals surface area contributed by atoms with Gasteiger partial charge in [-0.3, -0.25) is 4.79 Å². The van der Waals surface area contributed by atoms with Gasteiger partial charge in [-0.05, 0) is 18.6 Å². The standard InChI is InChI=1S/C14H14N2O3/c1-11(14(18)19-10-9-15)16-13(17)8-7-12-5-3-2-4-6-12/h2-8,11H,10H2,1H3,(H,16,17)/b8-7+/t11-/m0/s1. The van der Waals surface area contributed by atoms with Crippen LogP contribution in [-0.4, -0.2) is 24.5 Å². The molecular weight excluding hydrogens is 244 g/mol. The molecule has 1 aromatic rings. The number of esters is 1. The first-order valence-corrected chi connectivity index (χ1v) is 5.70. The van der Waals surface area contributed by atoms with E-state index in [1.807, 2.05) is 30.3 Å². The molecular formula is C14H14N2O3. The van der Waals surface area contributed by atoms with Gasteiger partial charge in [0.2, 0.25) is 5.91 Å². The second-order valence-corrected chi connectivity index (χ2v) is 3.74. The van der Waals surface area contributed by atoms with Crippen LogP contribution in [0.15, 0.2) is 36.4 Å². The van der Waals surface area contributed by atoms with Crippen LogP contribution in [0.4, 0.5) is 0 Å². The van der Waals surface area contributed by atoms with Gasteiger partial charge in [-0.1, -0.05) is 30.3 Å². The van der Waals surface area contributed by atoms with Crippen LogP contribution in [0.25, 0.3) is 6.08 Å². The summed E-state index contributed by atoms with van der Waals surface area (Å²) in [5.41, 5.74) is 0.886. The molecule has 0 fully saturated rings. The quantitative estimate of drug-likeness (QED) is 0.637. The second-order valence-electron chi connectivity index (χ2n) is 3.74. The normalized spacial score (nSPS) is 11.6. The fourth-order valence-corrected chi connectivity index (χ4v) is 1.28. The lowest BCUT2D eigenvalue weighted by Gasteiger charge is -2.10. The molecule has 0 spiro atoms. The van der Waals surface area contributed by atoms with Crippen LogP contribution in [0.5, 0.6) is 0 Å². The van der Waals surface area contributed by atoms with Crippen molar-refractivity contribution in [2.24, 2.45) is 0 Å². The third-order valence-electron chi connectivity index (χ3n) is 2.22. The fourth-order valence-electron chi connectivity index (χ4n) is 1.28. The molecule has 0 aliphatic heterocycles. The van der Waals surface area contributed by atoms with E-state index < -0.39 is 17.9 Å². The third kappa shape index (κ3) is 5.50. The van der Waals surface area contributed by atoms with E-state index in [9.17, 15) is 9.59 Å². The molecule has 1 aromatic carbocycles. The number of benzene rings is 1. The van der Waals surface area contributed by atoms with Gasteiger partial charge in [-0.15, -0.1) is 0 Å². The Hall–Kier alpha value is -2.61. The van der Waals surface area contributed by atoms with Crippen LogP contribution in [0.1, 0.15) is 12.5 Å². The molecule has 0 aromatic heterocycles. The average Bonchev–Trinajstić information content (AvgIpc) is 2.43. The maximum atomic E-state index is 11.5. The van der Waals surface area contributed by atoms with E-state index in [0.717, 1.165) is 5.56 Å². The summed E-state index contributed by atoms with van der Waals surface area (Å²) in [5.74, 6) is -1.03. The summed E-state index contributed by atoms with van der Waals surface area (Å²) in [6.45, 7) is 1.17. The Morgan fingerprint density at radius 1 is 1.42 bits per heavy atom. The highest BCUT2D eigenvalue weighted by molar-refractivity contribution is 5.94. The van der Waals surface area contributed by atoms with Gasteiger partial charge >= 0.3 is 5.97 Å². The Labute approximate surface area is 111 Å². The van der Waals surface area contributed by atoms with Crippen LogP contribution < -0.4 is 5.32 Å². The van der Waals surface area contributed by atoms with Crippen LogP contribution in [0, 0.1) is 11.3 Å². The number of carbonyl (C=O) groups excluding carboxylic acids is 2. The van der Waals surface area contributed by atoms with Crippen molar-refractivity contribution in [3.8, 4) is 6.07 Å². The summed E-state index contributed by atoms with van der Waals surface area (Å²) in [5, 5.41) is 10.7. The average molecular weight is 258 g/mol. The van der Waals surface area contributed by atoms with E-state index >= 15 is 0 Å². The van der Waals surface area contributed by atoms with Crippen molar-refractivity contribution in [3.63, 3.8) is 0 Å². The number of ether oxygens (including phenoxy) is 1. The predicted octanol–water partition coefficient (Wildman–Crippen LogP) is 1.27. The van der Waals surface area contributed by atoms with Gasteiger partial charge in [0.1, 0.15) is 12.1 Å². The van der Waals surface area contributed by atoms with E-state index in [0.29, 0.717) is 0 Å². The Bertz CT molecular complexity index is 503. The summed E-state index contributed by atoms with van der Waals surface area (Å²) in [4.78, 5) is 22.8. The Morgan fingerprint density at radius 3 is 2.74 bits per heavy atom. The molecule has 0 unspecified atom stereocenters. The summed E-state index contributed by atoms with van der Waals surface area (Å²) in [6, 6.07) is 10.2. The lowest BCUT2D eigenvalue weighted by Crippen LogP contribution is -2.38. The van der Waals surface area contributed by atoms with Crippen LogP contribution in [0.2, 0.25) is 0 Å². The molecule has 0 heterocycles. The van der Waals surface area contributed by atoms with Crippen molar-refractivity contribution in [2.45, 2.75) is 13.0 Å². The van der Waals surface area contributed by atoms with Crippen molar-refractivity contribution in [1.29, 1.82) is 5.26 Å². The lowest BCUT2D eigenvalue weighted by molar-refractivity contribution is -0.145. The van der Waals surface area contributed by atoms with Gasteiger partial charge in [-0.25, -0.2) is 4.79 Å². The summed E-state index contributed by atoms with van der Waals surface area (Å²) < 4.78 is 4.58. The number of rotatable bonds is 5. The zero-order valence-electron chi connectivity index (χ0n) is 10.5. The molecule has 1 rings (SSSR count). The van der Waals surface area contributed by atoms with Crippen molar-refractivity contribution in [1.82, 2.24) is 5.32 Å². The largest absolute Gasteiger partial charge is 0.449 e. The SMILES string of the molecule is C[C@H](NC(=O)/C=C/c1ccccc1)C(=O)OCC#N. The van der Waals surface area contributed by atoms with Crippen molar-refractivity contribution >= 4 is 18.0 Å². The highest BCUT2D eigenvalue weighted by Gasteiger charge is 2.15. The summed E-state index contributed by atoms with van der Waals surface area (Å²) in [7, 11) is 0. The highest BCUT2D eigenvalue weighted by atomic mass is 16.5. The van der Waals surface area contributed by atoms with Crippen molar-refractivity contribution in [3.05, 3.63) is 42.0 Å². The number of nitrogens with one attached hydrogen (secondary N) is 1. The van der Waals surface area contributed by atoms with Crippen LogP contribution >= 0.6 is 0 Å².